The van der Waals surface area contributed by atoms with E-state index in [2.05, 4.69) is 5.32 Å². The third-order valence-corrected chi connectivity index (χ3v) is 5.39. The van der Waals surface area contributed by atoms with E-state index in [0.29, 0.717) is 23.7 Å². The van der Waals surface area contributed by atoms with E-state index in [1.807, 2.05) is 73.7 Å². The molecule has 0 aromatic heterocycles. The van der Waals surface area contributed by atoms with Gasteiger partial charge in [0.05, 0.1) is 0 Å². The van der Waals surface area contributed by atoms with Crippen LogP contribution in [-0.4, -0.2) is 35.9 Å². The summed E-state index contributed by atoms with van der Waals surface area (Å²) in [5.74, 6) is 0.0913. The monoisotopic (exact) mass is 450 g/mol. The van der Waals surface area contributed by atoms with Gasteiger partial charge in [-0.3, -0.25) is 9.59 Å². The van der Waals surface area contributed by atoms with Crippen molar-refractivity contribution < 1.29 is 14.3 Å². The molecule has 0 heterocycles. The second kappa shape index (κ2) is 11.9. The molecule has 0 fully saturated rings. The van der Waals surface area contributed by atoms with Gasteiger partial charge in [-0.05, 0) is 36.2 Å². The summed E-state index contributed by atoms with van der Waals surface area (Å²) < 4.78 is 5.70. The Morgan fingerprint density at radius 1 is 0.938 bits per heavy atom. The van der Waals surface area contributed by atoms with Crippen LogP contribution in [0.15, 0.2) is 84.9 Å². The molecule has 1 atom stereocenters. The molecule has 3 aromatic rings. The number of benzene rings is 3. The SMILES string of the molecule is CCNC(=O)C(Cc1ccccc1)N(Cc1ccccc1Cl)C(=O)COc1ccccc1. The van der Waals surface area contributed by atoms with E-state index in [1.54, 1.807) is 23.1 Å². The maximum Gasteiger partial charge on any atom is 0.261 e. The van der Waals surface area contributed by atoms with Gasteiger partial charge in [0.25, 0.3) is 5.91 Å². The summed E-state index contributed by atoms with van der Waals surface area (Å²) in [5.41, 5.74) is 1.73. The van der Waals surface area contributed by atoms with Crippen LogP contribution in [0.4, 0.5) is 0 Å². The molecule has 0 radical (unpaired) electrons. The first-order chi connectivity index (χ1) is 15.6. The fourth-order valence-electron chi connectivity index (χ4n) is 3.40. The maximum absolute atomic E-state index is 13.4. The number of carbonyl (C=O) groups is 2. The third kappa shape index (κ3) is 6.59. The molecule has 0 saturated carbocycles. The van der Waals surface area contributed by atoms with Crippen LogP contribution in [0.25, 0.3) is 0 Å². The van der Waals surface area contributed by atoms with Crippen molar-refractivity contribution in [2.24, 2.45) is 0 Å². The number of hydrogen-bond donors (Lipinski definition) is 1. The summed E-state index contributed by atoms with van der Waals surface area (Å²) in [5, 5.41) is 3.41. The molecule has 1 unspecified atom stereocenters. The summed E-state index contributed by atoms with van der Waals surface area (Å²) in [6.07, 6.45) is 0.383. The van der Waals surface area contributed by atoms with Gasteiger partial charge in [0, 0.05) is 24.5 Å². The van der Waals surface area contributed by atoms with Crippen molar-refractivity contribution in [3.8, 4) is 5.75 Å². The van der Waals surface area contributed by atoms with Crippen molar-refractivity contribution in [2.45, 2.75) is 25.9 Å². The van der Waals surface area contributed by atoms with E-state index in [-0.39, 0.29) is 25.0 Å². The van der Waals surface area contributed by atoms with E-state index in [9.17, 15) is 9.59 Å². The molecule has 0 saturated heterocycles. The average Bonchev–Trinajstić information content (AvgIpc) is 2.82. The van der Waals surface area contributed by atoms with Crippen LogP contribution in [0.5, 0.6) is 5.75 Å². The standard InChI is InChI=1S/C26H27ClN2O3/c1-2-28-26(31)24(17-20-11-5-3-6-12-20)29(18-21-13-9-10-16-23(21)27)25(30)19-32-22-14-7-4-8-15-22/h3-16,24H,2,17-19H2,1H3,(H,28,31). The Morgan fingerprint density at radius 2 is 1.56 bits per heavy atom. The third-order valence-electron chi connectivity index (χ3n) is 5.03. The van der Waals surface area contributed by atoms with Gasteiger partial charge in [0.1, 0.15) is 11.8 Å². The van der Waals surface area contributed by atoms with Crippen LogP contribution >= 0.6 is 11.6 Å². The lowest BCUT2D eigenvalue weighted by molar-refractivity contribution is -0.142. The zero-order chi connectivity index (χ0) is 22.8. The van der Waals surface area contributed by atoms with Gasteiger partial charge >= 0.3 is 0 Å². The Kier molecular flexibility index (Phi) is 8.70. The van der Waals surface area contributed by atoms with Crippen molar-refractivity contribution >= 4 is 23.4 Å². The van der Waals surface area contributed by atoms with Gasteiger partial charge < -0.3 is 15.0 Å². The van der Waals surface area contributed by atoms with Crippen molar-refractivity contribution in [2.75, 3.05) is 13.2 Å². The Morgan fingerprint density at radius 3 is 2.22 bits per heavy atom. The van der Waals surface area contributed by atoms with Gasteiger partial charge in [-0.2, -0.15) is 0 Å². The van der Waals surface area contributed by atoms with Crippen LogP contribution < -0.4 is 10.1 Å². The number of ether oxygens (including phenoxy) is 1. The lowest BCUT2D eigenvalue weighted by Crippen LogP contribution is -2.51. The minimum absolute atomic E-state index is 0.181. The summed E-state index contributed by atoms with van der Waals surface area (Å²) in [6.45, 7) is 2.35. The molecular weight excluding hydrogens is 424 g/mol. The van der Waals surface area contributed by atoms with Crippen LogP contribution in [0.1, 0.15) is 18.1 Å². The summed E-state index contributed by atoms with van der Waals surface area (Å²) in [7, 11) is 0. The number of amides is 2. The predicted octanol–water partition coefficient (Wildman–Crippen LogP) is 4.50. The Labute approximate surface area is 194 Å². The second-order valence-corrected chi connectivity index (χ2v) is 7.72. The zero-order valence-corrected chi connectivity index (χ0v) is 18.8. The Hall–Kier alpha value is -3.31. The van der Waals surface area contributed by atoms with Gasteiger partial charge in [0.15, 0.2) is 6.61 Å². The molecule has 0 aliphatic carbocycles. The average molecular weight is 451 g/mol. The molecule has 3 aromatic carbocycles. The molecule has 6 heteroatoms. The fourth-order valence-corrected chi connectivity index (χ4v) is 3.60. The molecule has 5 nitrogen and oxygen atoms in total. The fraction of sp³-hybridized carbons (Fsp3) is 0.231. The molecule has 2 amide bonds. The molecule has 0 bridgehead atoms. The first kappa shape index (κ1) is 23.4. The Balaban J connectivity index is 1.89. The molecule has 1 N–H and O–H groups in total. The number of nitrogens with zero attached hydrogens (tertiary/aromatic N) is 1. The first-order valence-corrected chi connectivity index (χ1v) is 11.0. The summed E-state index contributed by atoms with van der Waals surface area (Å²) in [4.78, 5) is 28.0. The molecule has 166 valence electrons. The van der Waals surface area contributed by atoms with E-state index in [4.69, 9.17) is 16.3 Å². The van der Waals surface area contributed by atoms with E-state index in [1.165, 1.54) is 0 Å². The zero-order valence-electron chi connectivity index (χ0n) is 18.0. The van der Waals surface area contributed by atoms with E-state index >= 15 is 0 Å². The number of para-hydroxylation sites is 1. The molecule has 0 spiro atoms. The van der Waals surface area contributed by atoms with Gasteiger partial charge in [-0.25, -0.2) is 0 Å². The molecule has 32 heavy (non-hydrogen) atoms. The van der Waals surface area contributed by atoms with E-state index < -0.39 is 6.04 Å². The van der Waals surface area contributed by atoms with Crippen LogP contribution in [0, 0.1) is 0 Å². The lowest BCUT2D eigenvalue weighted by atomic mass is 10.0. The van der Waals surface area contributed by atoms with Crippen molar-refractivity contribution in [1.29, 1.82) is 0 Å². The maximum atomic E-state index is 13.4. The van der Waals surface area contributed by atoms with Crippen LogP contribution in [-0.2, 0) is 22.6 Å². The first-order valence-electron chi connectivity index (χ1n) is 10.6. The minimum atomic E-state index is -0.708. The molecule has 0 aliphatic rings. The van der Waals surface area contributed by atoms with Crippen LogP contribution in [0.2, 0.25) is 5.02 Å². The van der Waals surface area contributed by atoms with E-state index in [0.717, 1.165) is 11.1 Å². The number of likely N-dealkylation sites (N-methyl/N-ethyl adjacent to an activating group) is 1. The highest BCUT2D eigenvalue weighted by molar-refractivity contribution is 6.31. The van der Waals surface area contributed by atoms with Gasteiger partial charge in [0.2, 0.25) is 5.91 Å². The number of rotatable bonds is 10. The lowest BCUT2D eigenvalue weighted by Gasteiger charge is -2.31. The number of nitrogens with one attached hydrogen (secondary N) is 1. The van der Waals surface area contributed by atoms with Crippen molar-refractivity contribution in [3.63, 3.8) is 0 Å². The van der Waals surface area contributed by atoms with Crippen LogP contribution in [0.3, 0.4) is 0 Å². The van der Waals surface area contributed by atoms with Gasteiger partial charge in [-0.15, -0.1) is 0 Å². The smallest absolute Gasteiger partial charge is 0.261 e. The summed E-state index contributed by atoms with van der Waals surface area (Å²) >= 11 is 6.38. The predicted molar refractivity (Wildman–Crippen MR) is 127 cm³/mol. The molecule has 3 rings (SSSR count). The minimum Gasteiger partial charge on any atom is -0.484 e. The topological polar surface area (TPSA) is 58.6 Å². The quantitative estimate of drug-likeness (QED) is 0.495. The normalized spacial score (nSPS) is 11.4. The highest BCUT2D eigenvalue weighted by Gasteiger charge is 2.30. The molecule has 0 aliphatic heterocycles. The molecular formula is C26H27ClN2O3. The van der Waals surface area contributed by atoms with Gasteiger partial charge in [-0.1, -0.05) is 78.3 Å². The number of carbonyl (C=O) groups excluding carboxylic acids is 2. The number of halogens is 1. The van der Waals surface area contributed by atoms with Crippen molar-refractivity contribution in [1.82, 2.24) is 10.2 Å². The second-order valence-electron chi connectivity index (χ2n) is 7.31. The highest BCUT2D eigenvalue weighted by atomic mass is 35.5. The highest BCUT2D eigenvalue weighted by Crippen LogP contribution is 2.21. The Bertz CT molecular complexity index is 1010. The summed E-state index contributed by atoms with van der Waals surface area (Å²) in [6, 6.07) is 25.4. The largest absolute Gasteiger partial charge is 0.484 e. The number of hydrogen-bond acceptors (Lipinski definition) is 3. The van der Waals surface area contributed by atoms with Crippen molar-refractivity contribution in [3.05, 3.63) is 101 Å².